The molecule has 0 aliphatic heterocycles. The van der Waals surface area contributed by atoms with E-state index < -0.39 is 48.2 Å². The Bertz CT molecular complexity index is 1140. The van der Waals surface area contributed by atoms with Crippen LogP contribution in [0.1, 0.15) is 69.3 Å². The summed E-state index contributed by atoms with van der Waals surface area (Å²) >= 11 is 6.40. The summed E-state index contributed by atoms with van der Waals surface area (Å²) in [5.41, 5.74) is 3.02. The van der Waals surface area contributed by atoms with Crippen LogP contribution in [0, 0.1) is 20.8 Å². The molecule has 0 heterocycles. The Hall–Kier alpha value is -3.10. The minimum atomic E-state index is -1.32. The smallest absolute Gasteiger partial charge is 0.408 e. The fourth-order valence-corrected chi connectivity index (χ4v) is 4.23. The molecule has 3 amide bonds. The quantitative estimate of drug-likeness (QED) is 0.388. The van der Waals surface area contributed by atoms with E-state index in [1.54, 1.807) is 32.9 Å². The predicted octanol–water partition coefficient (Wildman–Crippen LogP) is 5.46. The van der Waals surface area contributed by atoms with E-state index in [1.165, 1.54) is 4.90 Å². The molecule has 38 heavy (non-hydrogen) atoms. The number of para-hydroxylation sites is 1. The molecule has 0 bridgehead atoms. The highest BCUT2D eigenvalue weighted by atomic mass is 35.5. The first-order valence-electron chi connectivity index (χ1n) is 12.8. The molecule has 0 spiro atoms. The number of rotatable bonds is 9. The van der Waals surface area contributed by atoms with Crippen molar-refractivity contribution in [3.8, 4) is 0 Å². The number of hydrogen-bond acceptors (Lipinski definition) is 5. The molecule has 0 aromatic heterocycles. The van der Waals surface area contributed by atoms with Gasteiger partial charge in [-0.1, -0.05) is 48.9 Å². The number of amides is 3. The van der Waals surface area contributed by atoms with Crippen LogP contribution in [0.2, 0.25) is 5.02 Å². The van der Waals surface area contributed by atoms with Crippen molar-refractivity contribution in [1.82, 2.24) is 10.2 Å². The average Bonchev–Trinajstić information content (AvgIpc) is 2.83. The second-order valence-electron chi connectivity index (χ2n) is 10.6. The van der Waals surface area contributed by atoms with Crippen LogP contribution >= 0.6 is 11.6 Å². The van der Waals surface area contributed by atoms with Crippen LogP contribution in [0.3, 0.4) is 0 Å². The van der Waals surface area contributed by atoms with Crippen molar-refractivity contribution in [2.24, 2.45) is 0 Å². The van der Waals surface area contributed by atoms with Gasteiger partial charge in [0.25, 0.3) is 5.91 Å². The normalized spacial score (nSPS) is 13.7. The molecule has 0 radical (unpaired) electrons. The van der Waals surface area contributed by atoms with Crippen molar-refractivity contribution < 1.29 is 24.2 Å². The summed E-state index contributed by atoms with van der Waals surface area (Å²) < 4.78 is 5.29. The maximum atomic E-state index is 14.0. The van der Waals surface area contributed by atoms with E-state index in [9.17, 15) is 19.5 Å². The molecular formula is C29H40ClN3O5. The number of carbonyl (C=O) groups excluding carboxylic acids is 3. The van der Waals surface area contributed by atoms with Gasteiger partial charge < -0.3 is 25.4 Å². The van der Waals surface area contributed by atoms with Crippen molar-refractivity contribution >= 4 is 35.2 Å². The molecule has 208 valence electrons. The molecule has 0 saturated carbocycles. The number of nitrogens with one attached hydrogen (secondary N) is 2. The molecule has 9 heteroatoms. The van der Waals surface area contributed by atoms with Gasteiger partial charge in [0.2, 0.25) is 5.91 Å². The molecule has 3 N–H and O–H groups in total. The van der Waals surface area contributed by atoms with Crippen LogP contribution in [-0.4, -0.2) is 52.2 Å². The first kappa shape index (κ1) is 31.1. The number of anilines is 1. The molecule has 3 atom stereocenters. The summed E-state index contributed by atoms with van der Waals surface area (Å²) in [4.78, 5) is 41.8. The van der Waals surface area contributed by atoms with Gasteiger partial charge in [0.1, 0.15) is 17.7 Å². The SMILES string of the molecule is CCC(C)N(C(=O)C(CO)NC(=O)OC(C)(C)C)C(C(=O)Nc1c(C)cccc1Cl)c1ccc(C)c(C)c1. The van der Waals surface area contributed by atoms with E-state index in [1.807, 2.05) is 58.9 Å². The Labute approximate surface area is 230 Å². The lowest BCUT2D eigenvalue weighted by Gasteiger charge is -2.38. The minimum Gasteiger partial charge on any atom is -0.444 e. The number of aryl methyl sites for hydroxylation is 3. The third kappa shape index (κ3) is 7.95. The van der Waals surface area contributed by atoms with Gasteiger partial charge in [0.05, 0.1) is 17.3 Å². The van der Waals surface area contributed by atoms with Gasteiger partial charge in [-0.15, -0.1) is 0 Å². The number of alkyl carbamates (subject to hydrolysis) is 1. The van der Waals surface area contributed by atoms with Crippen LogP contribution in [0.15, 0.2) is 36.4 Å². The van der Waals surface area contributed by atoms with Gasteiger partial charge in [0, 0.05) is 6.04 Å². The van der Waals surface area contributed by atoms with Gasteiger partial charge in [-0.05, 0) is 83.2 Å². The van der Waals surface area contributed by atoms with Gasteiger partial charge in [-0.3, -0.25) is 9.59 Å². The number of aliphatic hydroxyl groups is 1. The van der Waals surface area contributed by atoms with E-state index in [4.69, 9.17) is 16.3 Å². The zero-order valence-corrected chi connectivity index (χ0v) is 24.3. The maximum absolute atomic E-state index is 14.0. The van der Waals surface area contributed by atoms with Crippen LogP contribution in [0.25, 0.3) is 0 Å². The van der Waals surface area contributed by atoms with E-state index in [-0.39, 0.29) is 0 Å². The molecule has 2 aromatic carbocycles. The monoisotopic (exact) mass is 545 g/mol. The van der Waals surface area contributed by atoms with E-state index in [2.05, 4.69) is 10.6 Å². The Kier molecular flexibility index (Phi) is 10.7. The molecule has 0 fully saturated rings. The second-order valence-corrected chi connectivity index (χ2v) is 11.0. The summed E-state index contributed by atoms with van der Waals surface area (Å²) in [5, 5.41) is 15.8. The van der Waals surface area contributed by atoms with Crippen molar-refractivity contribution in [2.75, 3.05) is 11.9 Å². The highest BCUT2D eigenvalue weighted by Gasteiger charge is 2.38. The fraction of sp³-hybridized carbons (Fsp3) is 0.483. The number of hydrogen-bond donors (Lipinski definition) is 3. The zero-order chi connectivity index (χ0) is 28.8. The minimum absolute atomic E-state index is 0.374. The molecule has 0 saturated heterocycles. The van der Waals surface area contributed by atoms with Crippen LogP contribution in [-0.2, 0) is 14.3 Å². The molecular weight excluding hydrogens is 506 g/mol. The largest absolute Gasteiger partial charge is 0.444 e. The summed E-state index contributed by atoms with van der Waals surface area (Å²) in [6, 6.07) is 8.08. The zero-order valence-electron chi connectivity index (χ0n) is 23.5. The predicted molar refractivity (Wildman–Crippen MR) is 150 cm³/mol. The number of nitrogens with zero attached hydrogens (tertiary/aromatic N) is 1. The molecule has 2 rings (SSSR count). The molecule has 8 nitrogen and oxygen atoms in total. The van der Waals surface area contributed by atoms with Crippen LogP contribution in [0.4, 0.5) is 10.5 Å². The van der Waals surface area contributed by atoms with Crippen molar-refractivity contribution in [2.45, 2.75) is 85.5 Å². The average molecular weight is 546 g/mol. The Balaban J connectivity index is 2.59. The summed E-state index contributed by atoms with van der Waals surface area (Å²) in [7, 11) is 0. The number of aliphatic hydroxyl groups excluding tert-OH is 1. The van der Waals surface area contributed by atoms with E-state index in [0.717, 1.165) is 16.7 Å². The third-order valence-corrected chi connectivity index (χ3v) is 6.65. The summed E-state index contributed by atoms with van der Waals surface area (Å²) in [5.74, 6) is -1.07. The maximum Gasteiger partial charge on any atom is 0.408 e. The topological polar surface area (TPSA) is 108 Å². The van der Waals surface area contributed by atoms with E-state index >= 15 is 0 Å². The van der Waals surface area contributed by atoms with Crippen LogP contribution < -0.4 is 10.6 Å². The van der Waals surface area contributed by atoms with Crippen molar-refractivity contribution in [3.05, 3.63) is 63.7 Å². The van der Waals surface area contributed by atoms with Gasteiger partial charge in [-0.2, -0.15) is 0 Å². The lowest BCUT2D eigenvalue weighted by molar-refractivity contribution is -0.144. The number of carbonyl (C=O) groups is 3. The molecule has 2 aromatic rings. The first-order chi connectivity index (χ1) is 17.7. The lowest BCUT2D eigenvalue weighted by Crippen LogP contribution is -2.56. The van der Waals surface area contributed by atoms with Gasteiger partial charge in [-0.25, -0.2) is 4.79 Å². The Morgan fingerprint density at radius 2 is 1.71 bits per heavy atom. The number of ether oxygens (including phenoxy) is 1. The second kappa shape index (κ2) is 13.1. The van der Waals surface area contributed by atoms with Crippen molar-refractivity contribution in [3.63, 3.8) is 0 Å². The first-order valence-corrected chi connectivity index (χ1v) is 13.1. The van der Waals surface area contributed by atoms with Crippen LogP contribution in [0.5, 0.6) is 0 Å². The lowest BCUT2D eigenvalue weighted by atomic mass is 9.96. The highest BCUT2D eigenvalue weighted by molar-refractivity contribution is 6.34. The van der Waals surface area contributed by atoms with E-state index in [0.29, 0.717) is 22.7 Å². The highest BCUT2D eigenvalue weighted by Crippen LogP contribution is 2.31. The number of halogens is 1. The molecule has 3 unspecified atom stereocenters. The summed E-state index contributed by atoms with van der Waals surface area (Å²) in [6.07, 6.45) is -0.316. The standard InChI is InChI=1S/C29H40ClN3O5/c1-9-20(5)33(27(36)23(16-34)31-28(37)38-29(6,7)8)25(21-14-13-17(2)19(4)15-21)26(35)32-24-18(3)11-10-12-22(24)30/h10-15,20,23,25,34H,9,16H2,1-8H3,(H,31,37)(H,32,35). The molecule has 0 aliphatic carbocycles. The van der Waals surface area contributed by atoms with Gasteiger partial charge >= 0.3 is 6.09 Å². The Morgan fingerprint density at radius 3 is 2.24 bits per heavy atom. The third-order valence-electron chi connectivity index (χ3n) is 6.34. The summed E-state index contributed by atoms with van der Waals surface area (Å²) in [6.45, 7) is 13.9. The molecule has 0 aliphatic rings. The fourth-order valence-electron chi connectivity index (χ4n) is 3.97. The number of benzene rings is 2. The Morgan fingerprint density at radius 1 is 1.05 bits per heavy atom. The van der Waals surface area contributed by atoms with Crippen molar-refractivity contribution in [1.29, 1.82) is 0 Å². The van der Waals surface area contributed by atoms with Gasteiger partial charge in [0.15, 0.2) is 0 Å².